The van der Waals surface area contributed by atoms with Crippen LogP contribution in [0.15, 0.2) is 56.8 Å². The molecule has 34 heavy (non-hydrogen) atoms. The predicted molar refractivity (Wildman–Crippen MR) is 142 cm³/mol. The molecule has 0 radical (unpaired) electrons. The fraction of sp³-hybridized carbons (Fsp3) is 0.280. The molecule has 0 bridgehead atoms. The lowest BCUT2D eigenvalue weighted by molar-refractivity contribution is -0.118. The van der Waals surface area contributed by atoms with Crippen LogP contribution in [-0.4, -0.2) is 26.9 Å². The Morgan fingerprint density at radius 3 is 2.76 bits per heavy atom. The highest BCUT2D eigenvalue weighted by Gasteiger charge is 2.23. The molecule has 5 rings (SSSR count). The number of nitrogens with one attached hydrogen (secondary N) is 1. The maximum absolute atomic E-state index is 13.8. The van der Waals surface area contributed by atoms with E-state index in [2.05, 4.69) is 10.5 Å². The zero-order valence-electron chi connectivity index (χ0n) is 19.0. The average Bonchev–Trinajstić information content (AvgIpc) is 3.50. The van der Waals surface area contributed by atoms with Gasteiger partial charge in [-0.05, 0) is 68.7 Å². The van der Waals surface area contributed by atoms with E-state index in [9.17, 15) is 9.59 Å². The zero-order valence-corrected chi connectivity index (χ0v) is 21.4. The monoisotopic (exact) mass is 508 g/mol. The highest BCUT2D eigenvalue weighted by atomic mass is 32.2. The number of hydrazone groups is 1. The topological polar surface area (TPSA) is 76.3 Å². The van der Waals surface area contributed by atoms with Crippen LogP contribution in [0.25, 0.3) is 15.9 Å². The summed E-state index contributed by atoms with van der Waals surface area (Å²) in [4.78, 5) is 34.2. The normalized spacial score (nSPS) is 13.8. The second kappa shape index (κ2) is 9.85. The fourth-order valence-corrected chi connectivity index (χ4v) is 6.84. The molecular weight excluding hydrogens is 485 g/mol. The second-order valence-electron chi connectivity index (χ2n) is 8.26. The van der Waals surface area contributed by atoms with E-state index in [4.69, 9.17) is 4.98 Å². The molecule has 1 aromatic carbocycles. The number of hydrogen-bond acceptors (Lipinski definition) is 7. The van der Waals surface area contributed by atoms with Crippen LogP contribution in [-0.2, 0) is 17.6 Å². The number of carbonyl (C=O) groups excluding carboxylic acids is 1. The van der Waals surface area contributed by atoms with Gasteiger partial charge in [-0.1, -0.05) is 35.5 Å². The van der Waals surface area contributed by atoms with Crippen molar-refractivity contribution in [3.63, 3.8) is 0 Å². The van der Waals surface area contributed by atoms with Crippen LogP contribution in [0, 0.1) is 6.92 Å². The van der Waals surface area contributed by atoms with Gasteiger partial charge in [0.05, 0.1) is 22.5 Å². The first kappa shape index (κ1) is 23.0. The molecule has 0 aliphatic heterocycles. The van der Waals surface area contributed by atoms with Gasteiger partial charge < -0.3 is 0 Å². The minimum Gasteiger partial charge on any atom is -0.272 e. The standard InChI is InChI=1S/C25H24N4O2S3/c1-15-9-11-17(12-10-15)29-24(31)22-18-6-3-4-7-20(18)34-23(22)26-25(29)33-14-21(30)28-27-16(2)19-8-5-13-32-19/h5,8-13H,3-4,6-7,14H2,1-2H3,(H,28,30)/b27-16-. The lowest BCUT2D eigenvalue weighted by atomic mass is 9.97. The number of hydrogen-bond donors (Lipinski definition) is 1. The number of rotatable bonds is 6. The van der Waals surface area contributed by atoms with Gasteiger partial charge in [0.2, 0.25) is 0 Å². The molecule has 9 heteroatoms. The SMILES string of the molecule is C/C(=N/NC(=O)CSc1nc2sc3c(c2c(=O)n1-c1ccc(C)cc1)CCCC3)c1cccs1. The number of fused-ring (bicyclic) bond motifs is 3. The van der Waals surface area contributed by atoms with E-state index in [1.807, 2.05) is 55.6 Å². The van der Waals surface area contributed by atoms with Crippen LogP contribution >= 0.6 is 34.4 Å². The number of thiophene rings is 2. The highest BCUT2D eigenvalue weighted by molar-refractivity contribution is 7.99. The van der Waals surface area contributed by atoms with Crippen molar-refractivity contribution < 1.29 is 4.79 Å². The third-order valence-electron chi connectivity index (χ3n) is 5.81. The molecule has 0 fully saturated rings. The molecule has 1 aliphatic rings. The van der Waals surface area contributed by atoms with Crippen molar-refractivity contribution >= 4 is 56.3 Å². The third-order valence-corrected chi connectivity index (χ3v) is 8.91. The molecule has 1 aliphatic carbocycles. The van der Waals surface area contributed by atoms with Crippen LogP contribution in [0.4, 0.5) is 0 Å². The van der Waals surface area contributed by atoms with Crippen molar-refractivity contribution in [1.29, 1.82) is 0 Å². The maximum atomic E-state index is 13.8. The predicted octanol–water partition coefficient (Wildman–Crippen LogP) is 5.33. The Morgan fingerprint density at radius 1 is 1.21 bits per heavy atom. The number of carbonyl (C=O) groups is 1. The van der Waals surface area contributed by atoms with E-state index in [1.54, 1.807) is 27.2 Å². The zero-order chi connectivity index (χ0) is 23.7. The van der Waals surface area contributed by atoms with Gasteiger partial charge in [0.25, 0.3) is 11.5 Å². The first-order valence-corrected chi connectivity index (χ1v) is 13.8. The van der Waals surface area contributed by atoms with Crippen LogP contribution in [0.2, 0.25) is 0 Å². The summed E-state index contributed by atoms with van der Waals surface area (Å²) in [5, 5.41) is 7.44. The summed E-state index contributed by atoms with van der Waals surface area (Å²) in [5.41, 5.74) is 6.37. The minimum absolute atomic E-state index is 0.0530. The summed E-state index contributed by atoms with van der Waals surface area (Å²) in [6.45, 7) is 3.88. The van der Waals surface area contributed by atoms with Gasteiger partial charge in [-0.15, -0.1) is 22.7 Å². The largest absolute Gasteiger partial charge is 0.272 e. The number of nitrogens with zero attached hydrogens (tertiary/aromatic N) is 3. The summed E-state index contributed by atoms with van der Waals surface area (Å²) in [6, 6.07) is 11.7. The molecule has 0 atom stereocenters. The van der Waals surface area contributed by atoms with Crippen molar-refractivity contribution in [2.75, 3.05) is 5.75 Å². The number of aromatic nitrogens is 2. The molecule has 0 unspecified atom stereocenters. The van der Waals surface area contributed by atoms with Crippen LogP contribution in [0.3, 0.4) is 0 Å². The maximum Gasteiger partial charge on any atom is 0.267 e. The van der Waals surface area contributed by atoms with Crippen LogP contribution in [0.5, 0.6) is 0 Å². The summed E-state index contributed by atoms with van der Waals surface area (Å²) in [6.07, 6.45) is 4.19. The molecule has 0 saturated carbocycles. The molecule has 174 valence electrons. The van der Waals surface area contributed by atoms with Crippen molar-refractivity contribution in [3.8, 4) is 5.69 Å². The lowest BCUT2D eigenvalue weighted by Gasteiger charge is -2.13. The van der Waals surface area contributed by atoms with Crippen LogP contribution < -0.4 is 11.0 Å². The minimum atomic E-state index is -0.240. The number of amides is 1. The van der Waals surface area contributed by atoms with Crippen molar-refractivity contribution in [2.45, 2.75) is 44.7 Å². The lowest BCUT2D eigenvalue weighted by Crippen LogP contribution is -2.24. The second-order valence-corrected chi connectivity index (χ2v) is 11.2. The highest BCUT2D eigenvalue weighted by Crippen LogP contribution is 2.35. The van der Waals surface area contributed by atoms with E-state index in [0.717, 1.165) is 63.3 Å². The Labute approximate surface area is 209 Å². The van der Waals surface area contributed by atoms with Crippen molar-refractivity contribution in [2.24, 2.45) is 5.10 Å². The van der Waals surface area contributed by atoms with Gasteiger partial charge in [0.1, 0.15) is 4.83 Å². The molecule has 4 aromatic rings. The van der Waals surface area contributed by atoms with Gasteiger partial charge in [-0.25, -0.2) is 10.4 Å². The Bertz CT molecular complexity index is 1430. The molecule has 3 heterocycles. The Kier molecular flexibility index (Phi) is 6.67. The first-order chi connectivity index (χ1) is 16.5. The molecule has 0 saturated heterocycles. The molecule has 6 nitrogen and oxygen atoms in total. The van der Waals surface area contributed by atoms with Gasteiger partial charge in [-0.3, -0.25) is 14.2 Å². The Morgan fingerprint density at radius 2 is 2.00 bits per heavy atom. The smallest absolute Gasteiger partial charge is 0.267 e. The first-order valence-electron chi connectivity index (χ1n) is 11.2. The van der Waals surface area contributed by atoms with E-state index in [-0.39, 0.29) is 17.2 Å². The van der Waals surface area contributed by atoms with Gasteiger partial charge in [0.15, 0.2) is 5.16 Å². The number of aryl methyl sites for hydroxylation is 3. The number of benzene rings is 1. The fourth-order valence-electron chi connectivity index (χ4n) is 4.05. The quantitative estimate of drug-likeness (QED) is 0.165. The molecule has 1 N–H and O–H groups in total. The average molecular weight is 509 g/mol. The summed E-state index contributed by atoms with van der Waals surface area (Å²) in [7, 11) is 0. The number of thioether (sulfide) groups is 1. The van der Waals surface area contributed by atoms with E-state index < -0.39 is 0 Å². The van der Waals surface area contributed by atoms with Gasteiger partial charge in [0, 0.05) is 9.75 Å². The molecular formula is C25H24N4O2S3. The van der Waals surface area contributed by atoms with Crippen molar-refractivity contribution in [3.05, 3.63) is 73.0 Å². The summed E-state index contributed by atoms with van der Waals surface area (Å²) < 4.78 is 1.65. The third kappa shape index (κ3) is 4.60. The van der Waals surface area contributed by atoms with Crippen molar-refractivity contribution in [1.82, 2.24) is 15.0 Å². The molecule has 0 spiro atoms. The Balaban J connectivity index is 1.47. The van der Waals surface area contributed by atoms with Gasteiger partial charge in [-0.2, -0.15) is 5.10 Å². The summed E-state index contributed by atoms with van der Waals surface area (Å²) >= 11 is 4.45. The van der Waals surface area contributed by atoms with E-state index in [1.165, 1.54) is 16.6 Å². The molecule has 1 amide bonds. The Hall–Kier alpha value is -2.75. The van der Waals surface area contributed by atoms with Crippen LogP contribution in [0.1, 0.15) is 40.6 Å². The summed E-state index contributed by atoms with van der Waals surface area (Å²) in [5.74, 6) is -0.132. The van der Waals surface area contributed by atoms with E-state index >= 15 is 0 Å². The van der Waals surface area contributed by atoms with Gasteiger partial charge >= 0.3 is 0 Å². The molecule has 3 aromatic heterocycles. The van der Waals surface area contributed by atoms with E-state index in [0.29, 0.717) is 5.16 Å².